The van der Waals surface area contributed by atoms with Crippen LogP contribution in [-0.2, 0) is 0 Å². The fourth-order valence-corrected chi connectivity index (χ4v) is 2.61. The predicted octanol–water partition coefficient (Wildman–Crippen LogP) is 4.46. The van der Waals surface area contributed by atoms with E-state index in [1.54, 1.807) is 6.20 Å². The highest BCUT2D eigenvalue weighted by Crippen LogP contribution is 2.37. The van der Waals surface area contributed by atoms with Gasteiger partial charge in [-0.25, -0.2) is 0 Å². The van der Waals surface area contributed by atoms with Crippen LogP contribution in [0.15, 0.2) is 36.5 Å². The van der Waals surface area contributed by atoms with Crippen LogP contribution in [0.25, 0.3) is 11.3 Å². The Hall–Kier alpha value is -1.55. The first-order valence-electron chi connectivity index (χ1n) is 6.58. The van der Waals surface area contributed by atoms with Crippen molar-refractivity contribution in [3.05, 3.63) is 36.5 Å². The van der Waals surface area contributed by atoms with Crippen LogP contribution in [0.3, 0.4) is 0 Å². The van der Waals surface area contributed by atoms with E-state index in [1.165, 1.54) is 0 Å². The molecule has 1 aromatic heterocycles. The minimum absolute atomic E-state index is 0.205. The first-order chi connectivity index (χ1) is 8.79. The van der Waals surface area contributed by atoms with Gasteiger partial charge in [0.25, 0.3) is 0 Å². The van der Waals surface area contributed by atoms with Gasteiger partial charge in [0.2, 0.25) is 8.32 Å². The quantitative estimate of drug-likeness (QED) is 0.839. The van der Waals surface area contributed by atoms with E-state index in [4.69, 9.17) is 4.43 Å². The van der Waals surface area contributed by atoms with Crippen LogP contribution in [0.5, 0.6) is 5.75 Å². The van der Waals surface area contributed by atoms with E-state index in [1.807, 2.05) is 18.2 Å². The minimum Gasteiger partial charge on any atom is -0.543 e. The third-order valence-electron chi connectivity index (χ3n) is 3.82. The molecule has 102 valence electrons. The number of aromatic amines is 1. The van der Waals surface area contributed by atoms with E-state index in [2.05, 4.69) is 56.2 Å². The molecule has 0 amide bonds. The molecule has 0 aliphatic heterocycles. The zero-order chi connectivity index (χ0) is 14.1. The molecule has 2 rings (SSSR count). The number of aromatic nitrogens is 2. The lowest BCUT2D eigenvalue weighted by atomic mass is 10.1. The number of benzene rings is 1. The molecule has 0 radical (unpaired) electrons. The predicted molar refractivity (Wildman–Crippen MR) is 81.8 cm³/mol. The number of nitrogens with one attached hydrogen (secondary N) is 1. The van der Waals surface area contributed by atoms with Gasteiger partial charge < -0.3 is 4.43 Å². The van der Waals surface area contributed by atoms with E-state index in [0.717, 1.165) is 17.0 Å². The van der Waals surface area contributed by atoms with Crippen molar-refractivity contribution in [2.24, 2.45) is 0 Å². The standard InChI is InChI=1S/C15H22N2OSi/c1-15(2,3)19(4,5)18-13-8-6-7-12(11-13)14-9-10-16-17-14/h6-11H,1-5H3,(H,16,17). The van der Waals surface area contributed by atoms with Gasteiger partial charge in [-0.05, 0) is 36.3 Å². The zero-order valence-electron chi connectivity index (χ0n) is 12.3. The summed E-state index contributed by atoms with van der Waals surface area (Å²) in [7, 11) is -1.78. The van der Waals surface area contributed by atoms with Gasteiger partial charge in [-0.2, -0.15) is 5.10 Å². The van der Waals surface area contributed by atoms with Crippen molar-refractivity contribution in [1.29, 1.82) is 0 Å². The average molecular weight is 274 g/mol. The smallest absolute Gasteiger partial charge is 0.250 e. The maximum atomic E-state index is 6.31. The lowest BCUT2D eigenvalue weighted by Gasteiger charge is -2.36. The second-order valence-electron chi connectivity index (χ2n) is 6.36. The summed E-state index contributed by atoms with van der Waals surface area (Å²) in [5.41, 5.74) is 2.12. The molecule has 2 aromatic rings. The molecular weight excluding hydrogens is 252 g/mol. The zero-order valence-corrected chi connectivity index (χ0v) is 13.3. The highest BCUT2D eigenvalue weighted by molar-refractivity contribution is 6.74. The van der Waals surface area contributed by atoms with Crippen molar-refractivity contribution in [2.45, 2.75) is 38.9 Å². The third-order valence-corrected chi connectivity index (χ3v) is 8.18. The molecule has 1 aromatic carbocycles. The SMILES string of the molecule is CC(C)(C)[Si](C)(C)Oc1cccc(-c2ccn[nH]2)c1. The monoisotopic (exact) mass is 274 g/mol. The molecule has 1 N–H and O–H groups in total. The van der Waals surface area contributed by atoms with Crippen LogP contribution < -0.4 is 4.43 Å². The van der Waals surface area contributed by atoms with Crippen molar-refractivity contribution in [2.75, 3.05) is 0 Å². The van der Waals surface area contributed by atoms with Crippen LogP contribution in [0.4, 0.5) is 0 Å². The van der Waals surface area contributed by atoms with Gasteiger partial charge in [0.15, 0.2) is 0 Å². The van der Waals surface area contributed by atoms with Gasteiger partial charge >= 0.3 is 0 Å². The van der Waals surface area contributed by atoms with Crippen LogP contribution in [-0.4, -0.2) is 18.5 Å². The second kappa shape index (κ2) is 4.85. The first kappa shape index (κ1) is 13.9. The summed E-state index contributed by atoms with van der Waals surface area (Å²) in [6.07, 6.45) is 1.76. The molecule has 1 heterocycles. The molecule has 0 aliphatic carbocycles. The minimum atomic E-state index is -1.78. The van der Waals surface area contributed by atoms with Crippen molar-refractivity contribution < 1.29 is 4.43 Å². The molecule has 3 nitrogen and oxygen atoms in total. The van der Waals surface area contributed by atoms with Crippen LogP contribution in [0.1, 0.15) is 20.8 Å². The molecule has 0 spiro atoms. The highest BCUT2D eigenvalue weighted by atomic mass is 28.4. The highest BCUT2D eigenvalue weighted by Gasteiger charge is 2.38. The molecule has 0 atom stereocenters. The summed E-state index contributed by atoms with van der Waals surface area (Å²) < 4.78 is 6.31. The van der Waals surface area contributed by atoms with E-state index < -0.39 is 8.32 Å². The average Bonchev–Trinajstić information content (AvgIpc) is 2.80. The number of hydrogen-bond donors (Lipinski definition) is 1. The normalized spacial score (nSPS) is 12.5. The molecular formula is C15H22N2OSi. The largest absolute Gasteiger partial charge is 0.543 e. The second-order valence-corrected chi connectivity index (χ2v) is 11.1. The Kier molecular flexibility index (Phi) is 3.54. The van der Waals surface area contributed by atoms with Crippen molar-refractivity contribution in [1.82, 2.24) is 10.2 Å². The van der Waals surface area contributed by atoms with E-state index in [0.29, 0.717) is 0 Å². The Morgan fingerprint density at radius 3 is 2.47 bits per heavy atom. The molecule has 0 saturated heterocycles. The van der Waals surface area contributed by atoms with E-state index >= 15 is 0 Å². The van der Waals surface area contributed by atoms with Gasteiger partial charge in [0, 0.05) is 11.8 Å². The molecule has 0 fully saturated rings. The lowest BCUT2D eigenvalue weighted by Crippen LogP contribution is -2.43. The number of hydrogen-bond acceptors (Lipinski definition) is 2. The lowest BCUT2D eigenvalue weighted by molar-refractivity contribution is 0.492. The maximum absolute atomic E-state index is 6.31. The number of nitrogens with zero attached hydrogens (tertiary/aromatic N) is 1. The first-order valence-corrected chi connectivity index (χ1v) is 9.49. The molecule has 4 heteroatoms. The molecule has 0 unspecified atom stereocenters. The molecule has 0 saturated carbocycles. The number of H-pyrrole nitrogens is 1. The van der Waals surface area contributed by atoms with Gasteiger partial charge in [0.05, 0.1) is 5.69 Å². The Morgan fingerprint density at radius 1 is 1.16 bits per heavy atom. The molecule has 0 aliphatic rings. The van der Waals surface area contributed by atoms with Crippen LogP contribution in [0, 0.1) is 0 Å². The summed E-state index contributed by atoms with van der Waals surface area (Å²) in [5.74, 6) is 0.943. The maximum Gasteiger partial charge on any atom is 0.250 e. The van der Waals surface area contributed by atoms with Gasteiger partial charge in [-0.3, -0.25) is 5.10 Å². The Morgan fingerprint density at radius 2 is 1.89 bits per heavy atom. The third kappa shape index (κ3) is 3.07. The van der Waals surface area contributed by atoms with E-state index in [-0.39, 0.29) is 5.04 Å². The Bertz CT molecular complexity index is 542. The molecule has 0 bridgehead atoms. The van der Waals surface area contributed by atoms with Crippen molar-refractivity contribution in [3.63, 3.8) is 0 Å². The van der Waals surface area contributed by atoms with Crippen LogP contribution >= 0.6 is 0 Å². The topological polar surface area (TPSA) is 37.9 Å². The fraction of sp³-hybridized carbons (Fsp3) is 0.400. The fourth-order valence-electron chi connectivity index (χ4n) is 1.59. The van der Waals surface area contributed by atoms with Crippen molar-refractivity contribution in [3.8, 4) is 17.0 Å². The van der Waals surface area contributed by atoms with Gasteiger partial charge in [-0.1, -0.05) is 32.9 Å². The summed E-state index contributed by atoms with van der Waals surface area (Å²) in [6.45, 7) is 11.3. The Labute approximate surface area is 116 Å². The summed E-state index contributed by atoms with van der Waals surface area (Å²) in [4.78, 5) is 0. The van der Waals surface area contributed by atoms with Crippen LogP contribution in [0.2, 0.25) is 18.1 Å². The summed E-state index contributed by atoms with van der Waals surface area (Å²) in [6, 6.07) is 10.2. The Balaban J connectivity index is 2.26. The van der Waals surface area contributed by atoms with Crippen molar-refractivity contribution >= 4 is 8.32 Å². The number of rotatable bonds is 3. The van der Waals surface area contributed by atoms with Gasteiger partial charge in [0.1, 0.15) is 5.75 Å². The van der Waals surface area contributed by atoms with Gasteiger partial charge in [-0.15, -0.1) is 0 Å². The summed E-state index contributed by atoms with van der Waals surface area (Å²) in [5, 5.41) is 7.17. The molecule has 19 heavy (non-hydrogen) atoms. The van der Waals surface area contributed by atoms with E-state index in [9.17, 15) is 0 Å². The summed E-state index contributed by atoms with van der Waals surface area (Å²) >= 11 is 0.